The molecule has 7 nitrogen and oxygen atoms in total. The van der Waals surface area contributed by atoms with Crippen molar-refractivity contribution in [1.82, 2.24) is 25.0 Å². The van der Waals surface area contributed by atoms with Crippen LogP contribution in [-0.2, 0) is 13.1 Å². The Bertz CT molecular complexity index is 787. The summed E-state index contributed by atoms with van der Waals surface area (Å²) in [7, 11) is 0. The van der Waals surface area contributed by atoms with Crippen LogP contribution in [-0.4, -0.2) is 44.1 Å². The molecule has 0 spiro atoms. The van der Waals surface area contributed by atoms with Crippen LogP contribution in [0.3, 0.4) is 0 Å². The highest BCUT2D eigenvalue weighted by Crippen LogP contribution is 2.18. The molecule has 0 aliphatic carbocycles. The molecule has 0 saturated carbocycles. The smallest absolute Gasteiger partial charge is 0.271 e. The Morgan fingerprint density at radius 1 is 1.25 bits per heavy atom. The fourth-order valence-corrected chi connectivity index (χ4v) is 2.96. The van der Waals surface area contributed by atoms with Gasteiger partial charge in [-0.25, -0.2) is 0 Å². The third kappa shape index (κ3) is 3.48. The minimum absolute atomic E-state index is 0.0540. The molecule has 0 bridgehead atoms. The number of carbonyl (C=O) groups is 2. The molecular formula is C16H18BrN5O2. The largest absolute Gasteiger partial charge is 0.348 e. The zero-order valence-corrected chi connectivity index (χ0v) is 15.1. The van der Waals surface area contributed by atoms with E-state index in [1.165, 1.54) is 0 Å². The summed E-state index contributed by atoms with van der Waals surface area (Å²) in [6.45, 7) is 5.34. The lowest BCUT2D eigenvalue weighted by molar-refractivity contribution is 0.0705. The molecule has 2 aromatic heterocycles. The van der Waals surface area contributed by atoms with Crippen molar-refractivity contribution in [2.75, 3.05) is 6.54 Å². The average molecular weight is 392 g/mol. The molecule has 0 aromatic carbocycles. The van der Waals surface area contributed by atoms with E-state index < -0.39 is 0 Å². The minimum Gasteiger partial charge on any atom is -0.348 e. The molecule has 0 atom stereocenters. The van der Waals surface area contributed by atoms with Gasteiger partial charge in [-0.1, -0.05) is 0 Å². The summed E-state index contributed by atoms with van der Waals surface area (Å²) in [5.41, 5.74) is 1.78. The van der Waals surface area contributed by atoms with Gasteiger partial charge in [0, 0.05) is 29.5 Å². The van der Waals surface area contributed by atoms with Gasteiger partial charge in [0.05, 0.1) is 24.3 Å². The van der Waals surface area contributed by atoms with Crippen LogP contribution in [0, 0.1) is 0 Å². The predicted molar refractivity (Wildman–Crippen MR) is 91.5 cm³/mol. The van der Waals surface area contributed by atoms with Crippen LogP contribution in [0.15, 0.2) is 29.0 Å². The lowest BCUT2D eigenvalue weighted by atomic mass is 10.2. The highest BCUT2D eigenvalue weighted by atomic mass is 79.9. The van der Waals surface area contributed by atoms with E-state index in [9.17, 15) is 9.59 Å². The first-order chi connectivity index (χ1) is 11.4. The normalized spacial score (nSPS) is 13.8. The summed E-state index contributed by atoms with van der Waals surface area (Å²) >= 11 is 3.33. The number of nitrogens with zero attached hydrogens (tertiary/aromatic N) is 4. The number of pyridine rings is 1. The van der Waals surface area contributed by atoms with Crippen molar-refractivity contribution in [3.8, 4) is 0 Å². The van der Waals surface area contributed by atoms with Crippen molar-refractivity contribution < 1.29 is 9.59 Å². The Hall–Kier alpha value is -2.22. The number of fused-ring (bicyclic) bond motifs is 1. The summed E-state index contributed by atoms with van der Waals surface area (Å²) in [4.78, 5) is 30.4. The SMILES string of the molecule is CC(C)NC(=O)c1cc2n(n1)CCN(C(=O)c1cncc(Br)c1)C2. The molecule has 1 aliphatic heterocycles. The molecule has 0 fully saturated rings. The highest BCUT2D eigenvalue weighted by molar-refractivity contribution is 9.10. The molecule has 1 N–H and O–H groups in total. The van der Waals surface area contributed by atoms with Crippen molar-refractivity contribution in [2.24, 2.45) is 0 Å². The molecule has 0 saturated heterocycles. The van der Waals surface area contributed by atoms with Crippen molar-refractivity contribution >= 4 is 27.7 Å². The standard InChI is InChI=1S/C16H18BrN5O2/c1-10(2)19-15(23)14-6-13-9-21(3-4-22(13)20-14)16(24)11-5-12(17)8-18-7-11/h5-8,10H,3-4,9H2,1-2H3,(H,19,23). The summed E-state index contributed by atoms with van der Waals surface area (Å²) < 4.78 is 2.56. The lowest BCUT2D eigenvalue weighted by Gasteiger charge is -2.27. The maximum absolute atomic E-state index is 12.6. The fourth-order valence-electron chi connectivity index (χ4n) is 2.60. The summed E-state index contributed by atoms with van der Waals surface area (Å²) in [5.74, 6) is -0.273. The molecule has 24 heavy (non-hydrogen) atoms. The van der Waals surface area contributed by atoms with E-state index in [1.807, 2.05) is 13.8 Å². The predicted octanol–water partition coefficient (Wildman–Crippen LogP) is 1.83. The minimum atomic E-state index is -0.194. The molecule has 3 rings (SSSR count). The van der Waals surface area contributed by atoms with E-state index >= 15 is 0 Å². The van der Waals surface area contributed by atoms with Crippen LogP contribution >= 0.6 is 15.9 Å². The molecule has 8 heteroatoms. The molecule has 1 aliphatic rings. The maximum Gasteiger partial charge on any atom is 0.271 e. The van der Waals surface area contributed by atoms with Crippen molar-refractivity contribution in [3.63, 3.8) is 0 Å². The number of nitrogens with one attached hydrogen (secondary N) is 1. The summed E-state index contributed by atoms with van der Waals surface area (Å²) in [6.07, 6.45) is 3.20. The number of hydrogen-bond donors (Lipinski definition) is 1. The average Bonchev–Trinajstić information content (AvgIpc) is 2.96. The topological polar surface area (TPSA) is 80.1 Å². The molecule has 3 heterocycles. The number of aromatic nitrogens is 3. The van der Waals surface area contributed by atoms with Gasteiger partial charge in [-0.3, -0.25) is 19.3 Å². The second-order valence-corrected chi connectivity index (χ2v) is 6.91. The van der Waals surface area contributed by atoms with Crippen LogP contribution < -0.4 is 5.32 Å². The zero-order valence-electron chi connectivity index (χ0n) is 13.5. The van der Waals surface area contributed by atoms with Gasteiger partial charge >= 0.3 is 0 Å². The van der Waals surface area contributed by atoms with E-state index in [2.05, 4.69) is 31.3 Å². The van der Waals surface area contributed by atoms with E-state index in [-0.39, 0.29) is 17.9 Å². The monoisotopic (exact) mass is 391 g/mol. The number of hydrogen-bond acceptors (Lipinski definition) is 4. The molecule has 126 valence electrons. The van der Waals surface area contributed by atoms with Gasteiger partial charge in [0.1, 0.15) is 0 Å². The highest BCUT2D eigenvalue weighted by Gasteiger charge is 2.25. The van der Waals surface area contributed by atoms with Crippen LogP contribution in [0.5, 0.6) is 0 Å². The number of amides is 2. The molecular weight excluding hydrogens is 374 g/mol. The van der Waals surface area contributed by atoms with Crippen LogP contribution in [0.4, 0.5) is 0 Å². The van der Waals surface area contributed by atoms with Gasteiger partial charge < -0.3 is 10.2 Å². The van der Waals surface area contributed by atoms with Crippen molar-refractivity contribution in [1.29, 1.82) is 0 Å². The second kappa shape index (κ2) is 6.72. The number of halogens is 1. The summed E-state index contributed by atoms with van der Waals surface area (Å²) in [5, 5.41) is 7.16. The number of carbonyl (C=O) groups excluding carboxylic acids is 2. The second-order valence-electron chi connectivity index (χ2n) is 5.99. The zero-order chi connectivity index (χ0) is 17.3. The maximum atomic E-state index is 12.6. The van der Waals surface area contributed by atoms with E-state index in [0.29, 0.717) is 30.9 Å². The molecule has 0 unspecified atom stereocenters. The molecule has 0 radical (unpaired) electrons. The molecule has 2 aromatic rings. The first-order valence-electron chi connectivity index (χ1n) is 7.71. The first kappa shape index (κ1) is 16.6. The summed E-state index contributed by atoms with van der Waals surface area (Å²) in [6, 6.07) is 3.55. The van der Waals surface area contributed by atoms with Gasteiger partial charge in [0.15, 0.2) is 5.69 Å². The molecule has 2 amide bonds. The van der Waals surface area contributed by atoms with Crippen LogP contribution in [0.1, 0.15) is 40.4 Å². The third-order valence-electron chi connectivity index (χ3n) is 3.69. The Labute approximate surface area is 148 Å². The Balaban J connectivity index is 1.76. The Morgan fingerprint density at radius 2 is 2.04 bits per heavy atom. The van der Waals surface area contributed by atoms with Gasteiger partial charge in [-0.15, -0.1) is 0 Å². The van der Waals surface area contributed by atoms with Crippen molar-refractivity contribution in [3.05, 3.63) is 46.0 Å². The van der Waals surface area contributed by atoms with E-state index in [1.54, 1.807) is 34.1 Å². The Kier molecular flexibility index (Phi) is 4.66. The number of rotatable bonds is 3. The van der Waals surface area contributed by atoms with Gasteiger partial charge in [0.25, 0.3) is 11.8 Å². The van der Waals surface area contributed by atoms with E-state index in [4.69, 9.17) is 0 Å². The first-order valence-corrected chi connectivity index (χ1v) is 8.51. The Morgan fingerprint density at radius 3 is 2.75 bits per heavy atom. The van der Waals surface area contributed by atoms with Crippen LogP contribution in [0.2, 0.25) is 0 Å². The van der Waals surface area contributed by atoms with Gasteiger partial charge in [-0.2, -0.15) is 5.10 Å². The van der Waals surface area contributed by atoms with Gasteiger partial charge in [-0.05, 0) is 41.9 Å². The van der Waals surface area contributed by atoms with Gasteiger partial charge in [0.2, 0.25) is 0 Å². The third-order valence-corrected chi connectivity index (χ3v) is 4.12. The van der Waals surface area contributed by atoms with E-state index in [0.717, 1.165) is 10.2 Å². The van der Waals surface area contributed by atoms with Crippen molar-refractivity contribution in [2.45, 2.75) is 33.0 Å². The quantitative estimate of drug-likeness (QED) is 0.865. The lowest BCUT2D eigenvalue weighted by Crippen LogP contribution is -2.38. The van der Waals surface area contributed by atoms with Crippen LogP contribution in [0.25, 0.3) is 0 Å². The fraction of sp³-hybridized carbons (Fsp3) is 0.375.